The number of H-pyrrole nitrogens is 1. The summed E-state index contributed by atoms with van der Waals surface area (Å²) in [6, 6.07) is 1.96. The first-order valence-electron chi connectivity index (χ1n) is 8.28. The lowest BCUT2D eigenvalue weighted by Crippen LogP contribution is -2.43. The number of rotatable bonds is 8. The Bertz CT molecular complexity index is 443. The van der Waals surface area contributed by atoms with Gasteiger partial charge in [-0.05, 0) is 37.7 Å². The van der Waals surface area contributed by atoms with Gasteiger partial charge in [-0.2, -0.15) is 5.10 Å². The minimum absolute atomic E-state index is 0. The monoisotopic (exact) mass is 435 g/mol. The fourth-order valence-electron chi connectivity index (χ4n) is 3.13. The molecule has 0 atom stereocenters. The molecule has 0 amide bonds. The van der Waals surface area contributed by atoms with Crippen LogP contribution >= 0.6 is 24.0 Å². The number of aliphatic imine (C=N–C) groups is 1. The molecule has 0 aromatic carbocycles. The van der Waals surface area contributed by atoms with Crippen LogP contribution < -0.4 is 10.6 Å². The largest absolute Gasteiger partial charge is 0.382 e. The Balaban J connectivity index is 0.00000264. The van der Waals surface area contributed by atoms with Gasteiger partial charge in [-0.1, -0.05) is 12.8 Å². The number of hydrogen-bond donors (Lipinski definition) is 3. The number of hydrogen-bond acceptors (Lipinski definition) is 3. The summed E-state index contributed by atoms with van der Waals surface area (Å²) in [6.45, 7) is 5.38. The van der Waals surface area contributed by atoms with E-state index in [2.05, 4.69) is 32.7 Å². The van der Waals surface area contributed by atoms with Crippen LogP contribution in [0.1, 0.15) is 44.7 Å². The lowest BCUT2D eigenvalue weighted by atomic mass is 9.83. The fourth-order valence-corrected chi connectivity index (χ4v) is 3.13. The Hall–Kier alpha value is -0.830. The highest BCUT2D eigenvalue weighted by molar-refractivity contribution is 14.0. The molecule has 1 aliphatic rings. The van der Waals surface area contributed by atoms with Crippen molar-refractivity contribution < 1.29 is 4.74 Å². The Morgan fingerprint density at radius 2 is 2.17 bits per heavy atom. The minimum atomic E-state index is 0. The predicted octanol–water partition coefficient (Wildman–Crippen LogP) is 2.68. The van der Waals surface area contributed by atoms with Gasteiger partial charge in [0.25, 0.3) is 0 Å². The maximum Gasteiger partial charge on any atom is 0.191 e. The Morgan fingerprint density at radius 3 is 2.78 bits per heavy atom. The van der Waals surface area contributed by atoms with Crippen LogP contribution in [0.15, 0.2) is 17.3 Å². The summed E-state index contributed by atoms with van der Waals surface area (Å²) in [6.07, 6.45) is 8.11. The molecule has 0 bridgehead atoms. The second kappa shape index (κ2) is 10.9. The molecule has 6 nitrogen and oxygen atoms in total. The van der Waals surface area contributed by atoms with Crippen molar-refractivity contribution in [2.24, 2.45) is 10.4 Å². The van der Waals surface area contributed by atoms with E-state index in [1.54, 1.807) is 6.20 Å². The minimum Gasteiger partial charge on any atom is -0.382 e. The molecule has 1 aromatic heterocycles. The van der Waals surface area contributed by atoms with Gasteiger partial charge < -0.3 is 15.4 Å². The van der Waals surface area contributed by atoms with E-state index in [9.17, 15) is 0 Å². The number of aromatic amines is 1. The maximum atomic E-state index is 5.57. The van der Waals surface area contributed by atoms with Crippen LogP contribution in [-0.2, 0) is 11.3 Å². The molecule has 7 heteroatoms. The van der Waals surface area contributed by atoms with Crippen molar-refractivity contribution in [1.82, 2.24) is 20.8 Å². The Kier molecular flexibility index (Phi) is 9.54. The van der Waals surface area contributed by atoms with Crippen molar-refractivity contribution in [2.45, 2.75) is 45.6 Å². The van der Waals surface area contributed by atoms with Crippen LogP contribution in [0, 0.1) is 5.41 Å². The average Bonchev–Trinajstić information content (AvgIpc) is 3.20. The molecule has 1 saturated carbocycles. The van der Waals surface area contributed by atoms with Gasteiger partial charge in [0.2, 0.25) is 0 Å². The molecule has 23 heavy (non-hydrogen) atoms. The maximum absolute atomic E-state index is 5.57. The highest BCUT2D eigenvalue weighted by Gasteiger charge is 2.33. The molecule has 1 fully saturated rings. The number of ether oxygens (including phenoxy) is 1. The van der Waals surface area contributed by atoms with Crippen LogP contribution in [0.3, 0.4) is 0 Å². The molecular formula is C16H30IN5O. The smallest absolute Gasteiger partial charge is 0.191 e. The van der Waals surface area contributed by atoms with Crippen molar-refractivity contribution in [1.29, 1.82) is 0 Å². The van der Waals surface area contributed by atoms with Gasteiger partial charge in [0.15, 0.2) is 5.96 Å². The highest BCUT2D eigenvalue weighted by Crippen LogP contribution is 2.40. The van der Waals surface area contributed by atoms with Crippen LogP contribution in [0.4, 0.5) is 0 Å². The van der Waals surface area contributed by atoms with Crippen molar-refractivity contribution >= 4 is 29.9 Å². The molecule has 0 unspecified atom stereocenters. The van der Waals surface area contributed by atoms with E-state index in [4.69, 9.17) is 4.74 Å². The molecule has 2 rings (SSSR count). The molecule has 0 radical (unpaired) electrons. The molecule has 1 aliphatic carbocycles. The summed E-state index contributed by atoms with van der Waals surface area (Å²) in [5.74, 6) is 0.845. The first-order valence-corrected chi connectivity index (χ1v) is 8.28. The zero-order chi connectivity index (χ0) is 15.7. The van der Waals surface area contributed by atoms with Crippen molar-refractivity contribution in [3.05, 3.63) is 18.0 Å². The predicted molar refractivity (Wildman–Crippen MR) is 104 cm³/mol. The average molecular weight is 435 g/mol. The molecule has 0 saturated heterocycles. The Morgan fingerprint density at radius 1 is 1.39 bits per heavy atom. The Labute approximate surface area is 156 Å². The van der Waals surface area contributed by atoms with Gasteiger partial charge in [-0.25, -0.2) is 0 Å². The highest BCUT2D eigenvalue weighted by atomic mass is 127. The van der Waals surface area contributed by atoms with Crippen molar-refractivity contribution in [3.8, 4) is 0 Å². The third-order valence-corrected chi connectivity index (χ3v) is 4.50. The summed E-state index contributed by atoms with van der Waals surface area (Å²) < 4.78 is 5.57. The topological polar surface area (TPSA) is 74.3 Å². The number of nitrogens with one attached hydrogen (secondary N) is 3. The molecule has 0 aliphatic heterocycles. The second-order valence-corrected chi connectivity index (χ2v) is 6.02. The summed E-state index contributed by atoms with van der Waals surface area (Å²) in [7, 11) is 1.81. The third kappa shape index (κ3) is 6.66. The zero-order valence-electron chi connectivity index (χ0n) is 14.2. The van der Waals surface area contributed by atoms with Crippen molar-refractivity contribution in [2.75, 3.05) is 26.8 Å². The molecule has 0 spiro atoms. The number of nitrogens with zero attached hydrogens (tertiary/aromatic N) is 2. The summed E-state index contributed by atoms with van der Waals surface area (Å²) >= 11 is 0. The lowest BCUT2D eigenvalue weighted by Gasteiger charge is -2.30. The normalized spacial score (nSPS) is 16.9. The van der Waals surface area contributed by atoms with E-state index in [-0.39, 0.29) is 24.0 Å². The van der Waals surface area contributed by atoms with E-state index in [1.165, 1.54) is 25.7 Å². The summed E-state index contributed by atoms with van der Waals surface area (Å²) in [4.78, 5) is 4.30. The quantitative estimate of drug-likeness (QED) is 0.254. The molecule has 3 N–H and O–H groups in total. The third-order valence-electron chi connectivity index (χ3n) is 4.50. The van der Waals surface area contributed by atoms with Gasteiger partial charge in [-0.3, -0.25) is 10.1 Å². The van der Waals surface area contributed by atoms with Crippen LogP contribution in [0.25, 0.3) is 0 Å². The van der Waals surface area contributed by atoms with E-state index < -0.39 is 0 Å². The summed E-state index contributed by atoms with van der Waals surface area (Å²) in [5, 5.41) is 13.7. The van der Waals surface area contributed by atoms with Gasteiger partial charge >= 0.3 is 0 Å². The molecule has 1 heterocycles. The SMILES string of the molecule is CCOCCC1(CNC(=NC)NCc2ccn[nH]2)CCCC1.I. The molecule has 1 aromatic rings. The van der Waals surface area contributed by atoms with Gasteiger partial charge in [0.1, 0.15) is 0 Å². The van der Waals surface area contributed by atoms with Gasteiger partial charge in [0.05, 0.1) is 12.2 Å². The first-order chi connectivity index (χ1) is 10.8. The summed E-state index contributed by atoms with van der Waals surface area (Å²) in [5.41, 5.74) is 1.41. The van der Waals surface area contributed by atoms with Crippen LogP contribution in [0.2, 0.25) is 0 Å². The van der Waals surface area contributed by atoms with Crippen molar-refractivity contribution in [3.63, 3.8) is 0 Å². The van der Waals surface area contributed by atoms with Gasteiger partial charge in [0, 0.05) is 33.0 Å². The van der Waals surface area contributed by atoms with E-state index >= 15 is 0 Å². The van der Waals surface area contributed by atoms with E-state index in [0.717, 1.165) is 37.8 Å². The van der Waals surface area contributed by atoms with E-state index in [0.29, 0.717) is 12.0 Å². The number of halogens is 1. The van der Waals surface area contributed by atoms with Crippen LogP contribution in [-0.4, -0.2) is 43.0 Å². The fraction of sp³-hybridized carbons (Fsp3) is 0.750. The number of guanidine groups is 1. The lowest BCUT2D eigenvalue weighted by molar-refractivity contribution is 0.105. The zero-order valence-corrected chi connectivity index (χ0v) is 16.6. The second-order valence-electron chi connectivity index (χ2n) is 6.02. The first kappa shape index (κ1) is 20.2. The molecular weight excluding hydrogens is 405 g/mol. The standard InChI is InChI=1S/C16H29N5O.HI/c1-3-22-11-9-16(7-4-5-8-16)13-19-15(17-2)18-12-14-6-10-20-21-14;/h6,10H,3-5,7-9,11-13H2,1-2H3,(H,20,21)(H2,17,18,19);1H. The van der Waals surface area contributed by atoms with Gasteiger partial charge in [-0.15, -0.1) is 24.0 Å². The van der Waals surface area contributed by atoms with E-state index in [1.807, 2.05) is 13.1 Å². The number of aromatic nitrogens is 2. The molecule has 132 valence electrons. The van der Waals surface area contributed by atoms with Crippen LogP contribution in [0.5, 0.6) is 0 Å².